The summed E-state index contributed by atoms with van der Waals surface area (Å²) in [7, 11) is 0. The zero-order valence-corrected chi connectivity index (χ0v) is 14.7. The Labute approximate surface area is 148 Å². The second-order valence-electron chi connectivity index (χ2n) is 6.27. The van der Waals surface area contributed by atoms with Gasteiger partial charge in [-0.05, 0) is 18.6 Å². The lowest BCUT2D eigenvalue weighted by molar-refractivity contribution is 0.289. The number of phenols is 1. The molecule has 3 aromatic rings. The van der Waals surface area contributed by atoms with Crippen molar-refractivity contribution in [2.24, 2.45) is 0 Å². The van der Waals surface area contributed by atoms with Gasteiger partial charge < -0.3 is 9.84 Å². The highest BCUT2D eigenvalue weighted by atomic mass is 16.5. The Morgan fingerprint density at radius 3 is 2.56 bits per heavy atom. The largest absolute Gasteiger partial charge is 0.504 e. The summed E-state index contributed by atoms with van der Waals surface area (Å²) in [6, 6.07) is 11.3. The molecule has 0 bridgehead atoms. The number of ether oxygens (including phenoxy) is 1. The molecule has 0 unspecified atom stereocenters. The van der Waals surface area contributed by atoms with E-state index in [0.29, 0.717) is 17.9 Å². The number of nitrogens with zero attached hydrogens (tertiary/aromatic N) is 2. The Morgan fingerprint density at radius 1 is 0.920 bits per heavy atom. The predicted octanol–water partition coefficient (Wildman–Crippen LogP) is 5.07. The molecule has 1 heterocycles. The van der Waals surface area contributed by atoms with Crippen LogP contribution in [0, 0.1) is 0 Å². The normalized spacial score (nSPS) is 11.1. The Morgan fingerprint density at radius 2 is 1.68 bits per heavy atom. The summed E-state index contributed by atoms with van der Waals surface area (Å²) >= 11 is 0. The first kappa shape index (κ1) is 17.3. The number of aromatic hydroxyl groups is 1. The lowest BCUT2D eigenvalue weighted by Crippen LogP contribution is -1.98. The number of benzene rings is 2. The van der Waals surface area contributed by atoms with Gasteiger partial charge in [-0.1, -0.05) is 63.3 Å². The summed E-state index contributed by atoms with van der Waals surface area (Å²) < 4.78 is 5.81. The first-order chi connectivity index (χ1) is 12.3. The van der Waals surface area contributed by atoms with Crippen LogP contribution < -0.4 is 4.74 Å². The van der Waals surface area contributed by atoms with Gasteiger partial charge in [0.05, 0.1) is 6.61 Å². The number of hydrogen-bond acceptors (Lipinski definition) is 4. The number of rotatable bonds is 9. The highest BCUT2D eigenvalue weighted by molar-refractivity contribution is 5.93. The van der Waals surface area contributed by atoms with Crippen molar-refractivity contribution in [2.45, 2.75) is 45.4 Å². The summed E-state index contributed by atoms with van der Waals surface area (Å²) in [5, 5.41) is 21.5. The average molecular weight is 339 g/mol. The van der Waals surface area contributed by atoms with E-state index in [0.717, 1.165) is 23.0 Å². The number of aromatic nitrogens is 3. The summed E-state index contributed by atoms with van der Waals surface area (Å²) in [6.45, 7) is 2.84. The van der Waals surface area contributed by atoms with E-state index in [1.165, 1.54) is 32.1 Å². The van der Waals surface area contributed by atoms with Crippen LogP contribution in [0.25, 0.3) is 22.2 Å². The van der Waals surface area contributed by atoms with Crippen LogP contribution in [0.3, 0.4) is 0 Å². The third-order valence-corrected chi connectivity index (χ3v) is 4.39. The lowest BCUT2D eigenvalue weighted by atomic mass is 10.0. The molecule has 5 heteroatoms. The van der Waals surface area contributed by atoms with Crippen molar-refractivity contribution >= 4 is 11.0 Å². The predicted molar refractivity (Wildman–Crippen MR) is 99.9 cm³/mol. The minimum atomic E-state index is 0.156. The minimum Gasteiger partial charge on any atom is -0.504 e. The van der Waals surface area contributed by atoms with E-state index in [9.17, 15) is 5.11 Å². The van der Waals surface area contributed by atoms with Crippen molar-refractivity contribution in [2.75, 3.05) is 6.61 Å². The molecule has 0 amide bonds. The molecule has 0 aliphatic heterocycles. The van der Waals surface area contributed by atoms with E-state index in [-0.39, 0.29) is 5.75 Å². The number of unbranched alkanes of at least 4 members (excludes halogenated alkanes) is 5. The van der Waals surface area contributed by atoms with Gasteiger partial charge in [-0.25, -0.2) is 0 Å². The molecule has 0 saturated carbocycles. The van der Waals surface area contributed by atoms with Crippen LogP contribution in [0.5, 0.6) is 11.5 Å². The molecule has 25 heavy (non-hydrogen) atoms. The fourth-order valence-corrected chi connectivity index (χ4v) is 3.01. The fourth-order valence-electron chi connectivity index (χ4n) is 3.01. The van der Waals surface area contributed by atoms with Crippen molar-refractivity contribution in [1.82, 2.24) is 15.4 Å². The van der Waals surface area contributed by atoms with E-state index in [1.807, 2.05) is 30.3 Å². The smallest absolute Gasteiger partial charge is 0.165 e. The first-order valence-corrected chi connectivity index (χ1v) is 9.06. The monoisotopic (exact) mass is 339 g/mol. The fraction of sp³-hybridized carbons (Fsp3) is 0.400. The number of hydrogen-bond donors (Lipinski definition) is 2. The molecule has 0 radical (unpaired) electrons. The van der Waals surface area contributed by atoms with Crippen LogP contribution in [0.1, 0.15) is 45.4 Å². The van der Waals surface area contributed by atoms with E-state index in [1.54, 1.807) is 6.07 Å². The minimum absolute atomic E-state index is 0.156. The molecule has 0 aliphatic rings. The third-order valence-electron chi connectivity index (χ3n) is 4.39. The quantitative estimate of drug-likeness (QED) is 0.534. The van der Waals surface area contributed by atoms with Gasteiger partial charge >= 0.3 is 0 Å². The second kappa shape index (κ2) is 8.51. The van der Waals surface area contributed by atoms with Crippen molar-refractivity contribution in [3.63, 3.8) is 0 Å². The van der Waals surface area contributed by atoms with Crippen molar-refractivity contribution in [3.05, 3.63) is 36.4 Å². The Balaban J connectivity index is 1.67. The molecule has 0 saturated heterocycles. The van der Waals surface area contributed by atoms with E-state index in [2.05, 4.69) is 22.3 Å². The third kappa shape index (κ3) is 4.10. The van der Waals surface area contributed by atoms with Crippen LogP contribution in [-0.2, 0) is 0 Å². The van der Waals surface area contributed by atoms with Gasteiger partial charge in [-0.15, -0.1) is 0 Å². The lowest BCUT2D eigenvalue weighted by Gasteiger charge is -2.11. The zero-order chi connectivity index (χ0) is 17.5. The molecule has 2 aromatic carbocycles. The Bertz CT molecular complexity index is 814. The number of aromatic amines is 1. The van der Waals surface area contributed by atoms with Gasteiger partial charge in [0.1, 0.15) is 11.0 Å². The average Bonchev–Trinajstić information content (AvgIpc) is 3.11. The molecular weight excluding hydrogens is 314 g/mol. The van der Waals surface area contributed by atoms with Gasteiger partial charge in [0, 0.05) is 11.1 Å². The number of para-hydroxylation sites is 2. The van der Waals surface area contributed by atoms with Crippen molar-refractivity contribution in [3.8, 4) is 22.6 Å². The number of nitrogens with one attached hydrogen (secondary N) is 1. The highest BCUT2D eigenvalue weighted by Crippen LogP contribution is 2.39. The molecule has 0 aliphatic carbocycles. The second-order valence-corrected chi connectivity index (χ2v) is 6.27. The van der Waals surface area contributed by atoms with Crippen molar-refractivity contribution in [1.29, 1.82) is 0 Å². The topological polar surface area (TPSA) is 71.0 Å². The number of H-pyrrole nitrogens is 1. The summed E-state index contributed by atoms with van der Waals surface area (Å²) in [6.07, 6.45) is 7.27. The van der Waals surface area contributed by atoms with Gasteiger partial charge in [-0.2, -0.15) is 15.4 Å². The maximum Gasteiger partial charge on any atom is 0.165 e. The van der Waals surface area contributed by atoms with E-state index >= 15 is 0 Å². The molecule has 5 nitrogen and oxygen atoms in total. The van der Waals surface area contributed by atoms with Gasteiger partial charge in [0.25, 0.3) is 0 Å². The van der Waals surface area contributed by atoms with Crippen LogP contribution in [-0.4, -0.2) is 27.1 Å². The zero-order valence-electron chi connectivity index (χ0n) is 14.7. The molecule has 0 atom stereocenters. The van der Waals surface area contributed by atoms with Gasteiger partial charge in [0.15, 0.2) is 11.5 Å². The maximum absolute atomic E-state index is 10.6. The van der Waals surface area contributed by atoms with Crippen LogP contribution in [0.4, 0.5) is 0 Å². The first-order valence-electron chi connectivity index (χ1n) is 9.06. The summed E-state index contributed by atoms with van der Waals surface area (Å²) in [5.74, 6) is 0.676. The molecule has 2 N–H and O–H groups in total. The van der Waals surface area contributed by atoms with Gasteiger partial charge in [0.2, 0.25) is 0 Å². The Kier molecular flexibility index (Phi) is 5.88. The van der Waals surface area contributed by atoms with E-state index in [4.69, 9.17) is 4.74 Å². The Hall–Kier alpha value is -2.56. The summed E-state index contributed by atoms with van der Waals surface area (Å²) in [4.78, 5) is 0. The molecule has 3 rings (SSSR count). The molecule has 0 fully saturated rings. The van der Waals surface area contributed by atoms with Crippen LogP contribution in [0.2, 0.25) is 0 Å². The molecule has 0 spiro atoms. The highest BCUT2D eigenvalue weighted by Gasteiger charge is 2.14. The summed E-state index contributed by atoms with van der Waals surface area (Å²) in [5.41, 5.74) is 3.06. The maximum atomic E-state index is 10.6. The van der Waals surface area contributed by atoms with Gasteiger partial charge in [-0.3, -0.25) is 0 Å². The van der Waals surface area contributed by atoms with Crippen LogP contribution in [0.15, 0.2) is 36.4 Å². The van der Waals surface area contributed by atoms with Crippen molar-refractivity contribution < 1.29 is 9.84 Å². The SMILES string of the molecule is CCCCCCCCOc1cccc(-c2cccc3n[nH]nc23)c1O. The standard InChI is InChI=1S/C20H25N3O2/c1-2-3-4-5-6-7-14-25-18-13-9-11-16(20(18)24)15-10-8-12-17-19(15)22-23-21-17/h8-13,24H,2-7,14H2,1H3,(H,21,22,23). The number of fused-ring (bicyclic) bond motifs is 1. The number of phenolic OH excluding ortho intramolecular Hbond substituents is 1. The van der Waals surface area contributed by atoms with E-state index < -0.39 is 0 Å². The van der Waals surface area contributed by atoms with Crippen LogP contribution >= 0.6 is 0 Å². The molecule has 1 aromatic heterocycles. The molecule has 132 valence electrons. The molecular formula is C20H25N3O2.